The van der Waals surface area contributed by atoms with Crippen LogP contribution in [0.25, 0.3) is 0 Å². The van der Waals surface area contributed by atoms with Crippen molar-refractivity contribution in [1.82, 2.24) is 20.2 Å². The Kier molecular flexibility index (Phi) is 6.93. The number of nitrogens with one attached hydrogen (secondary N) is 2. The Hall–Kier alpha value is -2.96. The van der Waals surface area contributed by atoms with Gasteiger partial charge in [0, 0.05) is 29.7 Å². The van der Waals surface area contributed by atoms with E-state index in [2.05, 4.69) is 15.6 Å². The summed E-state index contributed by atoms with van der Waals surface area (Å²) in [5.74, 6) is -0.958. The van der Waals surface area contributed by atoms with Crippen molar-refractivity contribution in [3.63, 3.8) is 0 Å². The molecule has 0 saturated heterocycles. The number of pyridine rings is 2. The first-order valence-corrected chi connectivity index (χ1v) is 10.9. The molecule has 166 valence electrons. The number of hydrogen-bond acceptors (Lipinski definition) is 4. The quantitative estimate of drug-likeness (QED) is 0.768. The van der Waals surface area contributed by atoms with Crippen LogP contribution >= 0.6 is 0 Å². The van der Waals surface area contributed by atoms with Gasteiger partial charge in [-0.05, 0) is 52.7 Å². The fourth-order valence-corrected chi connectivity index (χ4v) is 3.88. The number of hydrogen-bond donors (Lipinski definition) is 2. The highest BCUT2D eigenvalue weighted by Crippen LogP contribution is 2.28. The second-order valence-corrected chi connectivity index (χ2v) is 9.31. The normalized spacial score (nSPS) is 14.8. The monoisotopic (exact) mass is 424 g/mol. The van der Waals surface area contributed by atoms with E-state index in [0.717, 1.165) is 31.4 Å². The van der Waals surface area contributed by atoms with Gasteiger partial charge < -0.3 is 15.2 Å². The molecule has 0 atom stereocenters. The van der Waals surface area contributed by atoms with Gasteiger partial charge in [0.2, 0.25) is 5.43 Å². The third-order valence-electron chi connectivity index (χ3n) is 5.40. The highest BCUT2D eigenvalue weighted by atomic mass is 16.2. The summed E-state index contributed by atoms with van der Waals surface area (Å²) in [4.78, 5) is 43.2. The van der Waals surface area contributed by atoms with E-state index in [1.54, 1.807) is 12.4 Å². The van der Waals surface area contributed by atoms with Gasteiger partial charge >= 0.3 is 0 Å². The molecule has 1 fully saturated rings. The molecule has 0 radical (unpaired) electrons. The van der Waals surface area contributed by atoms with E-state index < -0.39 is 22.8 Å². The highest BCUT2D eigenvalue weighted by Gasteiger charge is 2.24. The van der Waals surface area contributed by atoms with Crippen molar-refractivity contribution in [3.05, 3.63) is 63.3 Å². The first-order valence-electron chi connectivity index (χ1n) is 10.9. The van der Waals surface area contributed by atoms with E-state index in [4.69, 9.17) is 0 Å². The van der Waals surface area contributed by atoms with Crippen molar-refractivity contribution >= 4 is 11.8 Å². The zero-order chi connectivity index (χ0) is 22.6. The Morgan fingerprint density at radius 3 is 2.32 bits per heavy atom. The van der Waals surface area contributed by atoms with Gasteiger partial charge in [-0.1, -0.05) is 25.3 Å². The van der Waals surface area contributed by atoms with Gasteiger partial charge in [0.25, 0.3) is 11.8 Å². The van der Waals surface area contributed by atoms with Crippen LogP contribution in [0.3, 0.4) is 0 Å². The van der Waals surface area contributed by atoms with Crippen LogP contribution in [0.2, 0.25) is 0 Å². The minimum Gasteiger partial charge on any atom is -0.349 e. The molecule has 0 unspecified atom stereocenters. The van der Waals surface area contributed by atoms with Crippen molar-refractivity contribution < 1.29 is 9.59 Å². The Labute approximate surface area is 183 Å². The average Bonchev–Trinajstić information content (AvgIpc) is 2.71. The Morgan fingerprint density at radius 2 is 1.71 bits per heavy atom. The van der Waals surface area contributed by atoms with E-state index in [1.165, 1.54) is 6.42 Å². The molecule has 3 rings (SSSR count). The molecule has 2 aromatic rings. The lowest BCUT2D eigenvalue weighted by Crippen LogP contribution is -2.43. The SMILES string of the molecule is Cc1cccc(CNC(=O)c2cn(C3CCCCC3)cc(C(=O)NC(C)(C)C)c2=O)n1. The standard InChI is InChI=1S/C24H32N4O3/c1-16-9-8-10-17(26-16)13-25-22(30)19-14-28(18-11-6-5-7-12-18)15-20(21(19)29)23(31)27-24(2,3)4/h8-10,14-15,18H,5-7,11-13H2,1-4H3,(H,25,30)(H,27,31). The Bertz CT molecular complexity index is 1010. The highest BCUT2D eigenvalue weighted by molar-refractivity contribution is 5.99. The van der Waals surface area contributed by atoms with Crippen molar-refractivity contribution in [2.75, 3.05) is 0 Å². The van der Waals surface area contributed by atoms with Crippen molar-refractivity contribution in [1.29, 1.82) is 0 Å². The number of nitrogens with zero attached hydrogens (tertiary/aromatic N) is 2. The first kappa shape index (κ1) is 22.7. The molecule has 2 amide bonds. The van der Waals surface area contributed by atoms with Crippen LogP contribution in [0.4, 0.5) is 0 Å². The van der Waals surface area contributed by atoms with E-state index in [-0.39, 0.29) is 23.7 Å². The number of carbonyl (C=O) groups is 2. The Balaban J connectivity index is 1.93. The van der Waals surface area contributed by atoms with Crippen LogP contribution < -0.4 is 16.1 Å². The molecule has 7 nitrogen and oxygen atoms in total. The lowest BCUT2D eigenvalue weighted by molar-refractivity contribution is 0.0917. The summed E-state index contributed by atoms with van der Waals surface area (Å²) in [5.41, 5.74) is 0.508. The maximum Gasteiger partial charge on any atom is 0.257 e. The van der Waals surface area contributed by atoms with Gasteiger partial charge in [0.05, 0.1) is 12.2 Å². The largest absolute Gasteiger partial charge is 0.349 e. The zero-order valence-corrected chi connectivity index (χ0v) is 18.8. The van der Waals surface area contributed by atoms with Crippen molar-refractivity contribution in [2.24, 2.45) is 0 Å². The minimum absolute atomic E-state index is 0.00169. The predicted molar refractivity (Wildman–Crippen MR) is 120 cm³/mol. The van der Waals surface area contributed by atoms with Gasteiger partial charge in [0.15, 0.2) is 0 Å². The van der Waals surface area contributed by atoms with E-state index >= 15 is 0 Å². The van der Waals surface area contributed by atoms with E-state index in [1.807, 2.05) is 50.5 Å². The lowest BCUT2D eigenvalue weighted by Gasteiger charge is -2.26. The van der Waals surface area contributed by atoms with Crippen LogP contribution in [-0.2, 0) is 6.54 Å². The number of amides is 2. The minimum atomic E-state index is -0.552. The summed E-state index contributed by atoms with van der Waals surface area (Å²) < 4.78 is 1.89. The molecule has 2 N–H and O–H groups in total. The number of rotatable bonds is 5. The fourth-order valence-electron chi connectivity index (χ4n) is 3.88. The molecular weight excluding hydrogens is 392 g/mol. The molecular formula is C24H32N4O3. The lowest BCUT2D eigenvalue weighted by atomic mass is 9.95. The molecule has 0 bridgehead atoms. The van der Waals surface area contributed by atoms with Gasteiger partial charge in [-0.2, -0.15) is 0 Å². The molecule has 2 heterocycles. The summed E-state index contributed by atoms with van der Waals surface area (Å²) in [7, 11) is 0. The van der Waals surface area contributed by atoms with Crippen LogP contribution in [0.15, 0.2) is 35.4 Å². The molecule has 0 aromatic carbocycles. The molecule has 0 spiro atoms. The van der Waals surface area contributed by atoms with Gasteiger partial charge in [-0.15, -0.1) is 0 Å². The van der Waals surface area contributed by atoms with E-state index in [9.17, 15) is 14.4 Å². The topological polar surface area (TPSA) is 93.1 Å². The van der Waals surface area contributed by atoms with Gasteiger partial charge in [0.1, 0.15) is 11.1 Å². The average molecular weight is 425 g/mol. The van der Waals surface area contributed by atoms with Crippen molar-refractivity contribution in [3.8, 4) is 0 Å². The maximum atomic E-state index is 13.1. The fraction of sp³-hybridized carbons (Fsp3) is 0.500. The second-order valence-electron chi connectivity index (χ2n) is 9.31. The summed E-state index contributed by atoms with van der Waals surface area (Å²) >= 11 is 0. The smallest absolute Gasteiger partial charge is 0.257 e. The predicted octanol–water partition coefficient (Wildman–Crippen LogP) is 3.52. The van der Waals surface area contributed by atoms with Crippen molar-refractivity contribution in [2.45, 2.75) is 77.9 Å². The zero-order valence-electron chi connectivity index (χ0n) is 18.8. The summed E-state index contributed by atoms with van der Waals surface area (Å²) in [6, 6.07) is 5.75. The van der Waals surface area contributed by atoms with Crippen LogP contribution in [0, 0.1) is 6.92 Å². The molecule has 2 aromatic heterocycles. The number of aromatic nitrogens is 2. The van der Waals surface area contributed by atoms with Crippen LogP contribution in [0.1, 0.15) is 91.0 Å². The van der Waals surface area contributed by atoms with Gasteiger partial charge in [-0.25, -0.2) is 0 Å². The third kappa shape index (κ3) is 6.03. The van der Waals surface area contributed by atoms with Crippen LogP contribution in [0.5, 0.6) is 0 Å². The molecule has 1 aliphatic carbocycles. The molecule has 1 saturated carbocycles. The first-order chi connectivity index (χ1) is 14.6. The second kappa shape index (κ2) is 9.45. The molecule has 0 aliphatic heterocycles. The van der Waals surface area contributed by atoms with E-state index in [0.29, 0.717) is 5.69 Å². The maximum absolute atomic E-state index is 13.1. The number of aryl methyl sites for hydroxylation is 1. The molecule has 1 aliphatic rings. The molecule has 7 heteroatoms. The number of carbonyl (C=O) groups excluding carboxylic acids is 2. The summed E-state index contributed by atoms with van der Waals surface area (Å²) in [6.07, 6.45) is 8.53. The molecule has 31 heavy (non-hydrogen) atoms. The van der Waals surface area contributed by atoms with Crippen LogP contribution in [-0.4, -0.2) is 26.9 Å². The van der Waals surface area contributed by atoms with Gasteiger partial charge in [-0.3, -0.25) is 19.4 Å². The Morgan fingerprint density at radius 1 is 1.06 bits per heavy atom. The summed E-state index contributed by atoms with van der Waals surface area (Å²) in [6.45, 7) is 7.66. The summed E-state index contributed by atoms with van der Waals surface area (Å²) in [5, 5.41) is 5.62. The third-order valence-corrected chi connectivity index (χ3v) is 5.40.